The van der Waals surface area contributed by atoms with Crippen LogP contribution in [-0.4, -0.2) is 34.5 Å². The van der Waals surface area contributed by atoms with Crippen molar-refractivity contribution >= 4 is 21.8 Å². The minimum absolute atomic E-state index is 0.196. The van der Waals surface area contributed by atoms with E-state index in [1.807, 2.05) is 72.8 Å². The standard InChI is InChI=1S/C62H39N7/c1-5-18-38(19-6-1)57-63-58(39-20-7-2-8-21-39)66-61(65-57)48-30-17-29-45-49-35-43(33-32-42(49)34-50(45)48)69-54-31-16-15-27-46(54)52-36-53-51(37-55(52)69)44-26-13-14-28-47(44)56(53)62-67-59(40-22-9-3-10-23-40)64-60(68-62)41-24-11-4-12-25-41/h1-33,35-37,56H,34H2. The highest BCUT2D eigenvalue weighted by Crippen LogP contribution is 2.51. The molecule has 1 unspecified atom stereocenters. The number of rotatable bonds is 7. The van der Waals surface area contributed by atoms with Gasteiger partial charge in [-0.25, -0.2) is 29.9 Å². The lowest BCUT2D eigenvalue weighted by atomic mass is 9.94. The average Bonchev–Trinajstić information content (AvgIpc) is 4.08. The van der Waals surface area contributed by atoms with Crippen molar-refractivity contribution in [3.8, 4) is 84.9 Å². The van der Waals surface area contributed by atoms with Crippen LogP contribution < -0.4 is 0 Å². The van der Waals surface area contributed by atoms with Crippen LogP contribution in [0.15, 0.2) is 218 Å². The van der Waals surface area contributed by atoms with Gasteiger partial charge in [0.1, 0.15) is 5.82 Å². The second-order valence-electron chi connectivity index (χ2n) is 17.8. The van der Waals surface area contributed by atoms with Crippen LogP contribution in [0.2, 0.25) is 0 Å². The molecule has 2 aliphatic carbocycles. The molecule has 9 aromatic carbocycles. The summed E-state index contributed by atoms with van der Waals surface area (Å²) in [5.41, 5.74) is 17.9. The second kappa shape index (κ2) is 15.7. The molecule has 3 heterocycles. The quantitative estimate of drug-likeness (QED) is 0.159. The molecule has 12 aromatic rings. The fraction of sp³-hybridized carbons (Fsp3) is 0.0323. The Morgan fingerprint density at radius 2 is 0.855 bits per heavy atom. The Morgan fingerprint density at radius 3 is 1.49 bits per heavy atom. The summed E-state index contributed by atoms with van der Waals surface area (Å²) in [4.78, 5) is 30.8. The van der Waals surface area contributed by atoms with Gasteiger partial charge in [0.15, 0.2) is 29.1 Å². The molecule has 322 valence electrons. The third-order valence-corrected chi connectivity index (χ3v) is 13.8. The molecule has 0 aliphatic heterocycles. The van der Waals surface area contributed by atoms with Gasteiger partial charge in [0.25, 0.3) is 0 Å². The third-order valence-electron chi connectivity index (χ3n) is 13.8. The van der Waals surface area contributed by atoms with Crippen molar-refractivity contribution in [2.45, 2.75) is 12.3 Å². The lowest BCUT2D eigenvalue weighted by molar-refractivity contribution is 0.856. The number of aromatic nitrogens is 7. The first kappa shape index (κ1) is 39.0. The van der Waals surface area contributed by atoms with Gasteiger partial charge in [-0.1, -0.05) is 188 Å². The first-order valence-corrected chi connectivity index (χ1v) is 23.4. The van der Waals surface area contributed by atoms with Gasteiger partial charge in [0, 0.05) is 44.3 Å². The van der Waals surface area contributed by atoms with E-state index in [2.05, 4.69) is 150 Å². The van der Waals surface area contributed by atoms with E-state index in [-0.39, 0.29) is 5.92 Å². The largest absolute Gasteiger partial charge is 0.309 e. The maximum Gasteiger partial charge on any atom is 0.164 e. The first-order valence-electron chi connectivity index (χ1n) is 23.4. The van der Waals surface area contributed by atoms with Crippen LogP contribution in [0.5, 0.6) is 0 Å². The summed E-state index contributed by atoms with van der Waals surface area (Å²) in [6.45, 7) is 0. The van der Waals surface area contributed by atoms with Crippen LogP contribution in [-0.2, 0) is 6.42 Å². The lowest BCUT2D eigenvalue weighted by Crippen LogP contribution is -2.09. The van der Waals surface area contributed by atoms with Crippen molar-refractivity contribution in [2.24, 2.45) is 0 Å². The van der Waals surface area contributed by atoms with E-state index in [4.69, 9.17) is 29.9 Å². The molecule has 69 heavy (non-hydrogen) atoms. The highest BCUT2D eigenvalue weighted by atomic mass is 15.0. The summed E-state index contributed by atoms with van der Waals surface area (Å²) >= 11 is 0. The van der Waals surface area contributed by atoms with E-state index in [1.54, 1.807) is 0 Å². The van der Waals surface area contributed by atoms with Gasteiger partial charge < -0.3 is 4.57 Å². The van der Waals surface area contributed by atoms with Gasteiger partial charge in [0.05, 0.1) is 17.0 Å². The molecule has 0 N–H and O–H groups in total. The molecule has 7 heteroatoms. The van der Waals surface area contributed by atoms with Gasteiger partial charge in [-0.15, -0.1) is 0 Å². The van der Waals surface area contributed by atoms with E-state index in [0.29, 0.717) is 29.1 Å². The lowest BCUT2D eigenvalue weighted by Gasteiger charge is -2.15. The molecule has 0 amide bonds. The van der Waals surface area contributed by atoms with Gasteiger partial charge in [-0.2, -0.15) is 0 Å². The minimum atomic E-state index is -0.196. The van der Waals surface area contributed by atoms with Gasteiger partial charge in [-0.3, -0.25) is 0 Å². The van der Waals surface area contributed by atoms with Gasteiger partial charge >= 0.3 is 0 Å². The molecular formula is C62H39N7. The van der Waals surface area contributed by atoms with Crippen LogP contribution in [0.25, 0.3) is 107 Å². The fourth-order valence-corrected chi connectivity index (χ4v) is 10.6. The van der Waals surface area contributed by atoms with Crippen LogP contribution in [0.1, 0.15) is 34.0 Å². The van der Waals surface area contributed by atoms with Crippen LogP contribution in [0, 0.1) is 0 Å². The smallest absolute Gasteiger partial charge is 0.164 e. The molecule has 0 saturated carbocycles. The highest BCUT2D eigenvalue weighted by molar-refractivity contribution is 6.11. The minimum Gasteiger partial charge on any atom is -0.309 e. The van der Waals surface area contributed by atoms with E-state index in [1.165, 1.54) is 55.3 Å². The summed E-state index contributed by atoms with van der Waals surface area (Å²) in [5, 5.41) is 2.38. The molecular weight excluding hydrogens is 843 g/mol. The Hall–Kier alpha value is -9.20. The molecule has 0 radical (unpaired) electrons. The molecule has 2 aliphatic rings. The Labute approximate surface area is 398 Å². The van der Waals surface area contributed by atoms with Crippen LogP contribution in [0.3, 0.4) is 0 Å². The molecule has 0 saturated heterocycles. The van der Waals surface area contributed by atoms with E-state index >= 15 is 0 Å². The predicted molar refractivity (Wildman–Crippen MR) is 276 cm³/mol. The molecule has 0 spiro atoms. The normalized spacial score (nSPS) is 13.3. The highest BCUT2D eigenvalue weighted by Gasteiger charge is 2.34. The third kappa shape index (κ3) is 6.43. The number of para-hydroxylation sites is 1. The molecule has 0 bridgehead atoms. The summed E-state index contributed by atoms with van der Waals surface area (Å²) in [6, 6.07) is 76.6. The van der Waals surface area contributed by atoms with Crippen LogP contribution >= 0.6 is 0 Å². The van der Waals surface area contributed by atoms with Crippen molar-refractivity contribution < 1.29 is 0 Å². The van der Waals surface area contributed by atoms with Gasteiger partial charge in [-0.05, 0) is 81.3 Å². The molecule has 3 aromatic heterocycles. The maximum atomic E-state index is 5.28. The van der Waals surface area contributed by atoms with Crippen molar-refractivity contribution in [3.05, 3.63) is 246 Å². The molecule has 0 fully saturated rings. The number of fused-ring (bicyclic) bond motifs is 9. The van der Waals surface area contributed by atoms with Crippen molar-refractivity contribution in [2.75, 3.05) is 0 Å². The first-order chi connectivity index (χ1) is 34.2. The topological polar surface area (TPSA) is 82.3 Å². The summed E-state index contributed by atoms with van der Waals surface area (Å²) in [5.74, 6) is 3.85. The maximum absolute atomic E-state index is 5.28. The SMILES string of the molecule is c1ccc(-c2nc(-c3ccccc3)nc(-c3cccc4c3Cc3ccc(-n5c6ccccc6c6cc7c(cc65)-c5ccccc5C7c5nc(-c6ccccc6)nc(-c6ccccc6)n5)cc3-4)n2)cc1. The number of hydrogen-bond donors (Lipinski definition) is 0. The Morgan fingerprint density at radius 1 is 0.333 bits per heavy atom. The fourth-order valence-electron chi connectivity index (χ4n) is 10.6. The monoisotopic (exact) mass is 881 g/mol. The van der Waals surface area contributed by atoms with E-state index in [9.17, 15) is 0 Å². The number of benzene rings is 9. The summed E-state index contributed by atoms with van der Waals surface area (Å²) < 4.78 is 2.44. The van der Waals surface area contributed by atoms with Crippen molar-refractivity contribution in [1.82, 2.24) is 34.5 Å². The summed E-state index contributed by atoms with van der Waals surface area (Å²) in [7, 11) is 0. The van der Waals surface area contributed by atoms with E-state index < -0.39 is 0 Å². The zero-order valence-electron chi connectivity index (χ0n) is 37.2. The van der Waals surface area contributed by atoms with E-state index in [0.717, 1.165) is 56.8 Å². The predicted octanol–water partition coefficient (Wildman–Crippen LogP) is 14.2. The van der Waals surface area contributed by atoms with Crippen molar-refractivity contribution in [1.29, 1.82) is 0 Å². The Bertz CT molecular complexity index is 3860. The van der Waals surface area contributed by atoms with Crippen LogP contribution in [0.4, 0.5) is 0 Å². The average molecular weight is 882 g/mol. The number of hydrogen-bond acceptors (Lipinski definition) is 6. The Balaban J connectivity index is 0.918. The summed E-state index contributed by atoms with van der Waals surface area (Å²) in [6.07, 6.45) is 0.780. The zero-order valence-corrected chi connectivity index (χ0v) is 37.2. The number of nitrogens with zero attached hydrogens (tertiary/aromatic N) is 7. The molecule has 1 atom stereocenters. The Kier molecular flexibility index (Phi) is 8.89. The zero-order chi connectivity index (χ0) is 45.4. The molecule has 14 rings (SSSR count). The molecule has 7 nitrogen and oxygen atoms in total. The van der Waals surface area contributed by atoms with Crippen molar-refractivity contribution in [3.63, 3.8) is 0 Å². The second-order valence-corrected chi connectivity index (χ2v) is 17.8. The van der Waals surface area contributed by atoms with Gasteiger partial charge in [0.2, 0.25) is 0 Å².